The first-order valence-electron chi connectivity index (χ1n) is 17.8. The van der Waals surface area contributed by atoms with Gasteiger partial charge >= 0.3 is 18.3 Å². The first-order chi connectivity index (χ1) is 26.8. The maximum absolute atomic E-state index is 16.3. The molecular formula is C39H41F2N5O10S. The standard InChI is InChI=1S/C39H41F2N5O10S/c1-20-19-55-36(48)43-23-7-10-32(57(52,53)24-8-9-24)22(13-23)18-45(5)35(47)33(27-17-31(54-6)25(20)15-28(27)40)44-30-14-21-11-12-42-34(26(21)16-29(30)41)46(37(49)50)38(51)56-39(2,3)4/h7,10-17,20,24,33,44H,8-9,18-19H2,1-6H3,(H,43,48)(H,49,50)/t20-,33+/m0/s1. The molecule has 4 bridgehead atoms. The molecule has 2 aliphatic heterocycles. The number of imide groups is 1. The molecule has 57 heavy (non-hydrogen) atoms. The number of anilines is 3. The zero-order chi connectivity index (χ0) is 41.6. The Labute approximate surface area is 326 Å². The number of rotatable bonds is 6. The molecule has 1 aromatic heterocycles. The summed E-state index contributed by atoms with van der Waals surface area (Å²) in [5.41, 5.74) is -0.983. The highest BCUT2D eigenvalue weighted by molar-refractivity contribution is 7.92. The van der Waals surface area contributed by atoms with Crippen molar-refractivity contribution in [2.24, 2.45) is 0 Å². The second kappa shape index (κ2) is 15.5. The maximum Gasteiger partial charge on any atom is 0.425 e. The molecule has 1 aliphatic carbocycles. The van der Waals surface area contributed by atoms with Crippen LogP contribution in [0.4, 0.5) is 40.4 Å². The van der Waals surface area contributed by atoms with E-state index in [2.05, 4.69) is 15.6 Å². The number of pyridine rings is 1. The van der Waals surface area contributed by atoms with E-state index in [0.29, 0.717) is 18.4 Å². The Kier molecular flexibility index (Phi) is 11.0. The number of hydrogen-bond acceptors (Lipinski definition) is 11. The summed E-state index contributed by atoms with van der Waals surface area (Å²) in [6, 6.07) is 8.50. The van der Waals surface area contributed by atoms with E-state index in [1.165, 1.54) is 77.5 Å². The average molecular weight is 810 g/mol. The predicted octanol–water partition coefficient (Wildman–Crippen LogP) is 7.35. The van der Waals surface area contributed by atoms with Crippen molar-refractivity contribution in [3.05, 3.63) is 83.1 Å². The summed E-state index contributed by atoms with van der Waals surface area (Å²) in [4.78, 5) is 57.9. The van der Waals surface area contributed by atoms with Crippen molar-refractivity contribution < 1.29 is 55.7 Å². The number of hydrogen-bond donors (Lipinski definition) is 3. The van der Waals surface area contributed by atoms with E-state index in [4.69, 9.17) is 14.2 Å². The fraction of sp³-hybridized carbons (Fsp3) is 0.359. The van der Waals surface area contributed by atoms with E-state index in [0.717, 1.165) is 17.0 Å². The molecule has 4 amide bonds. The summed E-state index contributed by atoms with van der Waals surface area (Å²) >= 11 is 0. The van der Waals surface area contributed by atoms with Gasteiger partial charge in [0.15, 0.2) is 15.7 Å². The highest BCUT2D eigenvalue weighted by Gasteiger charge is 2.39. The van der Waals surface area contributed by atoms with Crippen LogP contribution in [0.15, 0.2) is 59.6 Å². The monoisotopic (exact) mass is 809 g/mol. The first-order valence-corrected chi connectivity index (χ1v) is 19.4. The molecule has 1 fully saturated rings. The van der Waals surface area contributed by atoms with Crippen molar-refractivity contribution in [1.29, 1.82) is 0 Å². The molecule has 0 unspecified atom stereocenters. The number of carbonyl (C=O) groups is 4. The van der Waals surface area contributed by atoms with Gasteiger partial charge in [0, 0.05) is 47.9 Å². The third-order valence-electron chi connectivity index (χ3n) is 9.37. The third kappa shape index (κ3) is 8.55. The number of sulfone groups is 1. The molecule has 7 rings (SSSR count). The number of aromatic nitrogens is 1. The molecule has 1 saturated carbocycles. The molecule has 4 aromatic rings. The van der Waals surface area contributed by atoms with E-state index < -0.39 is 74.3 Å². The minimum Gasteiger partial charge on any atom is -0.496 e. The van der Waals surface area contributed by atoms with Crippen molar-refractivity contribution in [2.75, 3.05) is 36.3 Å². The van der Waals surface area contributed by atoms with Gasteiger partial charge in [0.05, 0.1) is 29.5 Å². The quantitative estimate of drug-likeness (QED) is 0.176. The van der Waals surface area contributed by atoms with E-state index in [-0.39, 0.29) is 62.0 Å². The molecule has 3 N–H and O–H groups in total. The van der Waals surface area contributed by atoms with Crippen LogP contribution in [0.2, 0.25) is 0 Å². The number of methoxy groups -OCH3 is 1. The maximum atomic E-state index is 16.3. The molecule has 3 aromatic carbocycles. The minimum atomic E-state index is -3.81. The van der Waals surface area contributed by atoms with Gasteiger partial charge in [-0.15, -0.1) is 0 Å². The van der Waals surface area contributed by atoms with Gasteiger partial charge in [-0.2, -0.15) is 4.90 Å². The predicted molar refractivity (Wildman–Crippen MR) is 204 cm³/mol. The second-order valence-electron chi connectivity index (χ2n) is 14.9. The lowest BCUT2D eigenvalue weighted by Gasteiger charge is -2.28. The van der Waals surface area contributed by atoms with Gasteiger partial charge in [0.2, 0.25) is 5.91 Å². The summed E-state index contributed by atoms with van der Waals surface area (Å²) in [5.74, 6) is -3.65. The molecule has 2 atom stereocenters. The Hall–Kier alpha value is -6.04. The number of carboxylic acid groups (broad SMARTS) is 1. The normalized spacial score (nSPS) is 17.8. The summed E-state index contributed by atoms with van der Waals surface area (Å²) in [7, 11) is -1.12. The number of nitrogens with one attached hydrogen (secondary N) is 2. The molecule has 0 spiro atoms. The van der Waals surface area contributed by atoms with Crippen LogP contribution in [-0.4, -0.2) is 79.2 Å². The van der Waals surface area contributed by atoms with Gasteiger partial charge in [-0.05, 0) is 93.1 Å². The summed E-state index contributed by atoms with van der Waals surface area (Å²) < 4.78 is 75.8. The number of likely N-dealkylation sites (N-methyl/N-ethyl adjacent to an activating group) is 1. The van der Waals surface area contributed by atoms with Crippen LogP contribution < -0.4 is 20.3 Å². The fourth-order valence-corrected chi connectivity index (χ4v) is 8.30. The number of ether oxygens (including phenoxy) is 3. The Morgan fingerprint density at radius 1 is 1.05 bits per heavy atom. The highest BCUT2D eigenvalue weighted by Crippen LogP contribution is 2.39. The highest BCUT2D eigenvalue weighted by atomic mass is 32.2. The Bertz CT molecular complexity index is 2400. The Morgan fingerprint density at radius 2 is 1.77 bits per heavy atom. The number of benzene rings is 3. The first kappa shape index (κ1) is 40.6. The van der Waals surface area contributed by atoms with Crippen LogP contribution in [0.25, 0.3) is 10.8 Å². The minimum absolute atomic E-state index is 0.0493. The van der Waals surface area contributed by atoms with Crippen molar-refractivity contribution in [2.45, 2.75) is 74.8 Å². The summed E-state index contributed by atoms with van der Waals surface area (Å²) in [6.45, 7) is 5.74. The van der Waals surface area contributed by atoms with Crippen molar-refractivity contribution >= 4 is 62.0 Å². The molecule has 0 radical (unpaired) electrons. The summed E-state index contributed by atoms with van der Waals surface area (Å²) in [5, 5.41) is 14.8. The molecule has 3 aliphatic rings. The van der Waals surface area contributed by atoms with Crippen molar-refractivity contribution in [3.63, 3.8) is 0 Å². The van der Waals surface area contributed by atoms with Gasteiger partial charge in [-0.3, -0.25) is 10.1 Å². The largest absolute Gasteiger partial charge is 0.496 e. The number of carbonyl (C=O) groups excluding carboxylic acids is 3. The van der Waals surface area contributed by atoms with Crippen molar-refractivity contribution in [1.82, 2.24) is 9.88 Å². The van der Waals surface area contributed by atoms with Crippen LogP contribution in [0.1, 0.15) is 69.2 Å². The number of nitrogens with zero attached hydrogens (tertiary/aromatic N) is 3. The van der Waals surface area contributed by atoms with Crippen LogP contribution in [0, 0.1) is 11.6 Å². The Balaban J connectivity index is 1.47. The van der Waals surface area contributed by atoms with Gasteiger partial charge in [-0.1, -0.05) is 6.92 Å². The van der Waals surface area contributed by atoms with E-state index in [1.54, 1.807) is 6.92 Å². The summed E-state index contributed by atoms with van der Waals surface area (Å²) in [6.07, 6.45) is -1.72. The topological polar surface area (TPSA) is 194 Å². The van der Waals surface area contributed by atoms with Crippen LogP contribution in [0.5, 0.6) is 5.75 Å². The second-order valence-corrected chi connectivity index (χ2v) is 17.1. The van der Waals surface area contributed by atoms with E-state index in [9.17, 15) is 32.7 Å². The molecule has 3 heterocycles. The average Bonchev–Trinajstić information content (AvgIpc) is 3.99. The Morgan fingerprint density at radius 3 is 2.42 bits per heavy atom. The van der Waals surface area contributed by atoms with Crippen molar-refractivity contribution in [3.8, 4) is 5.75 Å². The smallest absolute Gasteiger partial charge is 0.425 e. The zero-order valence-corrected chi connectivity index (χ0v) is 32.7. The van der Waals surface area contributed by atoms with Gasteiger partial charge in [-0.25, -0.2) is 36.6 Å². The van der Waals surface area contributed by atoms with Crippen LogP contribution in [-0.2, 0) is 30.7 Å². The van der Waals surface area contributed by atoms with Gasteiger partial charge in [0.25, 0.3) is 0 Å². The lowest BCUT2D eigenvalue weighted by atomic mass is 9.95. The fourth-order valence-electron chi connectivity index (χ4n) is 6.44. The van der Waals surface area contributed by atoms with E-state index in [1.807, 2.05) is 0 Å². The van der Waals surface area contributed by atoms with E-state index >= 15 is 8.78 Å². The number of fused-ring (bicyclic) bond motifs is 10. The van der Waals surface area contributed by atoms with Crippen LogP contribution in [0.3, 0.4) is 0 Å². The SMILES string of the molecule is COc1cc2c(F)cc1[C@@H](C)COC(=O)Nc1ccc(S(=O)(=O)C3CC3)c(c1)CN(C)C(=O)[C@@H]2Nc1cc2ccnc(N(C(=O)O)C(=O)OC(C)(C)C)c2cc1F. The molecule has 15 nitrogen and oxygen atoms in total. The molecule has 18 heteroatoms. The van der Waals surface area contributed by atoms with Crippen LogP contribution >= 0.6 is 0 Å². The third-order valence-corrected chi connectivity index (χ3v) is 11.7. The lowest BCUT2D eigenvalue weighted by molar-refractivity contribution is -0.131. The molecule has 302 valence electrons. The lowest BCUT2D eigenvalue weighted by Crippen LogP contribution is -2.40. The molecular weight excluding hydrogens is 769 g/mol. The van der Waals surface area contributed by atoms with Gasteiger partial charge < -0.3 is 29.5 Å². The van der Waals surface area contributed by atoms with Gasteiger partial charge in [0.1, 0.15) is 29.0 Å². The molecule has 0 saturated heterocycles. The zero-order valence-electron chi connectivity index (χ0n) is 31.9. The number of halogens is 2. The number of amides is 4.